The van der Waals surface area contributed by atoms with Crippen LogP contribution in [0, 0.1) is 5.92 Å². The normalized spacial score (nSPS) is 14.2. The Labute approximate surface area is 201 Å². The molecule has 6 nitrogen and oxygen atoms in total. The van der Waals surface area contributed by atoms with Crippen LogP contribution in [0.5, 0.6) is 11.6 Å². The topological polar surface area (TPSA) is 65.4 Å². The van der Waals surface area contributed by atoms with Crippen molar-refractivity contribution < 1.29 is 23.0 Å². The summed E-state index contributed by atoms with van der Waals surface area (Å²) in [6.07, 6.45) is -0.991. The largest absolute Gasteiger partial charge is 0.440 e. The first-order valence-corrected chi connectivity index (χ1v) is 11.5. The summed E-state index contributed by atoms with van der Waals surface area (Å²) < 4.78 is 38.1. The van der Waals surface area contributed by atoms with Gasteiger partial charge in [-0.3, -0.25) is 5.32 Å². The molecule has 0 radical (unpaired) electrons. The van der Waals surface area contributed by atoms with Crippen molar-refractivity contribution in [3.05, 3.63) is 72.9 Å². The standard InChI is InChI=1S/C27H25F2N3O3/c1-17(26(28)29)34-27(33)31-21-10-7-19(8-11-21)23-14-20-9-12-22(35-25-4-2-3-13-30-25)15-24(20)32(23)16-18-5-6-18/h2-4,7-15,17-18,26H,5-6,16H2,1H3,(H,31,33). The van der Waals surface area contributed by atoms with Crippen LogP contribution in [0.1, 0.15) is 19.8 Å². The quantitative estimate of drug-likeness (QED) is 0.294. The second-order valence-electron chi connectivity index (χ2n) is 8.72. The molecule has 1 atom stereocenters. The number of halogens is 2. The van der Waals surface area contributed by atoms with E-state index >= 15 is 0 Å². The molecule has 35 heavy (non-hydrogen) atoms. The summed E-state index contributed by atoms with van der Waals surface area (Å²) in [5.41, 5.74) is 3.58. The Hall–Kier alpha value is -3.94. The monoisotopic (exact) mass is 477 g/mol. The highest BCUT2D eigenvalue weighted by Gasteiger charge is 2.24. The first-order chi connectivity index (χ1) is 17.0. The van der Waals surface area contributed by atoms with E-state index in [-0.39, 0.29) is 0 Å². The smallest absolute Gasteiger partial charge is 0.412 e. The number of carbonyl (C=O) groups is 1. The number of nitrogens with zero attached hydrogens (tertiary/aromatic N) is 2. The van der Waals surface area contributed by atoms with Crippen molar-refractivity contribution in [3.8, 4) is 22.9 Å². The van der Waals surface area contributed by atoms with Gasteiger partial charge in [-0.25, -0.2) is 18.6 Å². The minimum Gasteiger partial charge on any atom is -0.440 e. The number of fused-ring (bicyclic) bond motifs is 1. The highest BCUT2D eigenvalue weighted by atomic mass is 19.3. The van der Waals surface area contributed by atoms with Crippen molar-refractivity contribution in [2.75, 3.05) is 5.32 Å². The number of benzene rings is 2. The molecular formula is C27H25F2N3O3. The molecule has 4 aromatic rings. The molecule has 5 rings (SSSR count). The van der Waals surface area contributed by atoms with E-state index in [4.69, 9.17) is 4.74 Å². The lowest BCUT2D eigenvalue weighted by atomic mass is 10.1. The van der Waals surface area contributed by atoms with Gasteiger partial charge in [0, 0.05) is 41.6 Å². The van der Waals surface area contributed by atoms with Crippen molar-refractivity contribution in [1.82, 2.24) is 9.55 Å². The molecule has 1 aliphatic carbocycles. The summed E-state index contributed by atoms with van der Waals surface area (Å²) in [5.74, 6) is 1.91. The van der Waals surface area contributed by atoms with Gasteiger partial charge in [-0.1, -0.05) is 18.2 Å². The van der Waals surface area contributed by atoms with Crippen LogP contribution in [0.25, 0.3) is 22.2 Å². The van der Waals surface area contributed by atoms with Gasteiger partial charge >= 0.3 is 6.09 Å². The number of anilines is 1. The highest BCUT2D eigenvalue weighted by molar-refractivity contribution is 5.89. The van der Waals surface area contributed by atoms with Crippen molar-refractivity contribution in [3.63, 3.8) is 0 Å². The van der Waals surface area contributed by atoms with E-state index in [9.17, 15) is 13.6 Å². The molecule has 2 heterocycles. The van der Waals surface area contributed by atoms with Gasteiger partial charge in [-0.2, -0.15) is 0 Å². The van der Waals surface area contributed by atoms with Gasteiger partial charge in [0.1, 0.15) is 5.75 Å². The predicted molar refractivity (Wildman–Crippen MR) is 130 cm³/mol. The number of pyridine rings is 1. The second-order valence-corrected chi connectivity index (χ2v) is 8.72. The second kappa shape index (κ2) is 9.74. The highest BCUT2D eigenvalue weighted by Crippen LogP contribution is 2.37. The zero-order chi connectivity index (χ0) is 24.4. The van der Waals surface area contributed by atoms with E-state index in [1.165, 1.54) is 12.8 Å². The van der Waals surface area contributed by atoms with Crippen LogP contribution in [-0.2, 0) is 11.3 Å². The minimum absolute atomic E-state index is 0.469. The average molecular weight is 478 g/mol. The molecule has 180 valence electrons. The van der Waals surface area contributed by atoms with Crippen LogP contribution in [0.3, 0.4) is 0 Å². The molecule has 0 aliphatic heterocycles. The van der Waals surface area contributed by atoms with Gasteiger partial charge in [0.25, 0.3) is 6.43 Å². The fourth-order valence-electron chi connectivity index (χ4n) is 3.91. The molecule has 8 heteroatoms. The molecule has 1 aliphatic rings. The van der Waals surface area contributed by atoms with Crippen LogP contribution < -0.4 is 10.1 Å². The maximum atomic E-state index is 12.6. The maximum Gasteiger partial charge on any atom is 0.412 e. The molecule has 2 aromatic carbocycles. The van der Waals surface area contributed by atoms with Gasteiger partial charge in [0.05, 0.1) is 5.52 Å². The first-order valence-electron chi connectivity index (χ1n) is 11.5. The number of carbonyl (C=O) groups excluding carboxylic acids is 1. The first kappa shape index (κ1) is 22.8. The molecule has 1 fully saturated rings. The third kappa shape index (κ3) is 5.42. The Bertz CT molecular complexity index is 1320. The summed E-state index contributed by atoms with van der Waals surface area (Å²) in [7, 11) is 0. The van der Waals surface area contributed by atoms with Crippen molar-refractivity contribution in [1.29, 1.82) is 0 Å². The number of hydrogen-bond donors (Lipinski definition) is 1. The maximum absolute atomic E-state index is 12.6. The lowest BCUT2D eigenvalue weighted by Gasteiger charge is -2.14. The number of hydrogen-bond acceptors (Lipinski definition) is 4. The number of alkyl halides is 2. The molecular weight excluding hydrogens is 452 g/mol. The zero-order valence-electron chi connectivity index (χ0n) is 19.2. The minimum atomic E-state index is -2.73. The van der Waals surface area contributed by atoms with Gasteiger partial charge in [0.2, 0.25) is 5.88 Å². The third-order valence-electron chi connectivity index (χ3n) is 5.95. The number of rotatable bonds is 8. The molecule has 2 aromatic heterocycles. The molecule has 1 saturated carbocycles. The van der Waals surface area contributed by atoms with E-state index in [2.05, 4.69) is 25.7 Å². The fourth-order valence-corrected chi connectivity index (χ4v) is 3.91. The Balaban J connectivity index is 1.40. The molecule has 0 saturated heterocycles. The SMILES string of the molecule is CC(OC(=O)Nc1ccc(-c2cc3ccc(Oc4ccccn4)cc3n2CC2CC2)cc1)C(F)F. The van der Waals surface area contributed by atoms with Gasteiger partial charge < -0.3 is 14.0 Å². The molecule has 1 amide bonds. The van der Waals surface area contributed by atoms with E-state index in [0.29, 0.717) is 23.2 Å². The number of ether oxygens (including phenoxy) is 2. The van der Waals surface area contributed by atoms with E-state index in [1.807, 2.05) is 48.5 Å². The number of nitrogens with one attached hydrogen (secondary N) is 1. The summed E-state index contributed by atoms with van der Waals surface area (Å²) >= 11 is 0. The number of amides is 1. The fraction of sp³-hybridized carbons (Fsp3) is 0.259. The van der Waals surface area contributed by atoms with Gasteiger partial charge in [-0.15, -0.1) is 0 Å². The van der Waals surface area contributed by atoms with Crippen molar-refractivity contribution in [2.24, 2.45) is 5.92 Å². The predicted octanol–water partition coefficient (Wildman–Crippen LogP) is 7.11. The lowest BCUT2D eigenvalue weighted by Crippen LogP contribution is -2.25. The van der Waals surface area contributed by atoms with E-state index < -0.39 is 18.6 Å². The van der Waals surface area contributed by atoms with E-state index in [0.717, 1.165) is 35.6 Å². The summed E-state index contributed by atoms with van der Waals surface area (Å²) in [5, 5.41) is 3.59. The van der Waals surface area contributed by atoms with Gasteiger partial charge in [0.15, 0.2) is 6.10 Å². The summed E-state index contributed by atoms with van der Waals surface area (Å²) in [4.78, 5) is 16.1. The molecule has 0 spiro atoms. The Morgan fingerprint density at radius 1 is 1.11 bits per heavy atom. The summed E-state index contributed by atoms with van der Waals surface area (Å²) in [6.45, 7) is 2.06. The zero-order valence-corrected chi connectivity index (χ0v) is 19.2. The molecule has 0 bridgehead atoms. The number of aromatic nitrogens is 2. The van der Waals surface area contributed by atoms with Crippen LogP contribution in [0.2, 0.25) is 0 Å². The van der Waals surface area contributed by atoms with Gasteiger partial charge in [-0.05, 0) is 67.6 Å². The summed E-state index contributed by atoms with van der Waals surface area (Å²) in [6, 6.07) is 21.0. The third-order valence-corrected chi connectivity index (χ3v) is 5.95. The molecule has 1 N–H and O–H groups in total. The average Bonchev–Trinajstić information content (AvgIpc) is 3.60. The van der Waals surface area contributed by atoms with Crippen molar-refractivity contribution in [2.45, 2.75) is 38.8 Å². The Kier molecular flexibility index (Phi) is 6.35. The van der Waals surface area contributed by atoms with Crippen LogP contribution >= 0.6 is 0 Å². The van der Waals surface area contributed by atoms with Crippen LogP contribution in [0.4, 0.5) is 19.3 Å². The molecule has 1 unspecified atom stereocenters. The van der Waals surface area contributed by atoms with Crippen LogP contribution in [0.15, 0.2) is 72.9 Å². The van der Waals surface area contributed by atoms with Crippen molar-refractivity contribution >= 4 is 22.7 Å². The Morgan fingerprint density at radius 2 is 1.91 bits per heavy atom. The lowest BCUT2D eigenvalue weighted by molar-refractivity contribution is -0.00224. The Morgan fingerprint density at radius 3 is 2.60 bits per heavy atom. The van der Waals surface area contributed by atoms with Crippen LogP contribution in [-0.4, -0.2) is 28.2 Å². The van der Waals surface area contributed by atoms with E-state index in [1.54, 1.807) is 18.3 Å².